The number of carbonyl (C=O) groups is 1. The van der Waals surface area contributed by atoms with Gasteiger partial charge in [-0.1, -0.05) is 36.8 Å². The molecule has 2 unspecified atom stereocenters. The lowest BCUT2D eigenvalue weighted by atomic mass is 10.1. The van der Waals surface area contributed by atoms with Crippen LogP contribution in [-0.2, 0) is 11.3 Å². The molecule has 0 spiro atoms. The van der Waals surface area contributed by atoms with Gasteiger partial charge in [0.2, 0.25) is 5.91 Å². The van der Waals surface area contributed by atoms with Gasteiger partial charge in [0.1, 0.15) is 0 Å². The van der Waals surface area contributed by atoms with Gasteiger partial charge in [0.15, 0.2) is 0 Å². The second kappa shape index (κ2) is 7.45. The molecule has 0 aromatic heterocycles. The molecule has 4 nitrogen and oxygen atoms in total. The average Bonchev–Trinajstić information content (AvgIpc) is 3.30. The lowest BCUT2D eigenvalue weighted by molar-refractivity contribution is -0.133. The number of amides is 1. The maximum absolute atomic E-state index is 12.7. The lowest BCUT2D eigenvalue weighted by Crippen LogP contribution is -2.41. The topological polar surface area (TPSA) is 43.8 Å². The fourth-order valence-electron chi connectivity index (χ4n) is 3.60. The summed E-state index contributed by atoms with van der Waals surface area (Å²) in [4.78, 5) is 16.8. The fourth-order valence-corrected chi connectivity index (χ4v) is 3.60. The van der Waals surface area contributed by atoms with E-state index in [0.717, 1.165) is 38.6 Å². The van der Waals surface area contributed by atoms with Crippen LogP contribution >= 0.6 is 0 Å². The molecule has 2 aliphatic carbocycles. The number of aliphatic hydroxyl groups is 1. The number of nitrogens with zero attached hydrogens (tertiary/aromatic N) is 2. The Balaban J connectivity index is 1.54. The molecular weight excluding hydrogens is 288 g/mol. The minimum absolute atomic E-state index is 0.184. The Morgan fingerprint density at radius 3 is 2.52 bits per heavy atom. The maximum atomic E-state index is 12.7. The monoisotopic (exact) mass is 316 g/mol. The van der Waals surface area contributed by atoms with Gasteiger partial charge in [-0.2, -0.15) is 0 Å². The molecule has 4 heteroatoms. The van der Waals surface area contributed by atoms with Crippen molar-refractivity contribution < 1.29 is 9.90 Å². The van der Waals surface area contributed by atoms with Gasteiger partial charge in [-0.25, -0.2) is 0 Å². The molecule has 1 N–H and O–H groups in total. The first-order valence-corrected chi connectivity index (χ1v) is 8.83. The van der Waals surface area contributed by atoms with Gasteiger partial charge in [-0.15, -0.1) is 0 Å². The highest BCUT2D eigenvalue weighted by atomic mass is 16.3. The van der Waals surface area contributed by atoms with Crippen LogP contribution in [0.4, 0.5) is 0 Å². The van der Waals surface area contributed by atoms with Crippen LogP contribution in [0.3, 0.4) is 0 Å². The molecule has 0 saturated heterocycles. The van der Waals surface area contributed by atoms with Crippen molar-refractivity contribution in [1.29, 1.82) is 0 Å². The minimum atomic E-state index is -0.184. The standard InChI is InChI=1S/C19H28N2O2/c1-20(13-16-8-5-9-18(16)22)14-19(23)21(17-10-11-17)12-15-6-3-2-4-7-15/h2-4,6-7,16-18,22H,5,8-14H2,1H3. The molecule has 0 heterocycles. The number of carbonyl (C=O) groups excluding carboxylic acids is 1. The van der Waals surface area contributed by atoms with E-state index in [1.807, 2.05) is 30.1 Å². The first-order valence-electron chi connectivity index (χ1n) is 8.83. The summed E-state index contributed by atoms with van der Waals surface area (Å²) in [5.41, 5.74) is 1.20. The first-order chi connectivity index (χ1) is 11.1. The van der Waals surface area contributed by atoms with Crippen molar-refractivity contribution in [2.45, 2.75) is 50.8 Å². The van der Waals surface area contributed by atoms with E-state index >= 15 is 0 Å². The quantitative estimate of drug-likeness (QED) is 0.839. The van der Waals surface area contributed by atoms with E-state index in [1.165, 1.54) is 5.56 Å². The molecule has 0 aliphatic heterocycles. The summed E-state index contributed by atoms with van der Waals surface area (Å²) in [5, 5.41) is 9.95. The zero-order valence-corrected chi connectivity index (χ0v) is 14.0. The summed E-state index contributed by atoms with van der Waals surface area (Å²) >= 11 is 0. The molecular formula is C19H28N2O2. The summed E-state index contributed by atoms with van der Waals surface area (Å²) in [7, 11) is 2.00. The summed E-state index contributed by atoms with van der Waals surface area (Å²) in [6, 6.07) is 10.7. The Bertz CT molecular complexity index is 515. The van der Waals surface area contributed by atoms with Crippen LogP contribution < -0.4 is 0 Å². The van der Waals surface area contributed by atoms with E-state index in [4.69, 9.17) is 0 Å². The molecule has 1 amide bonds. The smallest absolute Gasteiger partial charge is 0.237 e. The summed E-state index contributed by atoms with van der Waals surface area (Å²) in [6.07, 6.45) is 5.17. The normalized spacial score (nSPS) is 24.1. The van der Waals surface area contributed by atoms with Crippen LogP contribution in [-0.4, -0.2) is 53.1 Å². The van der Waals surface area contributed by atoms with Crippen LogP contribution in [0, 0.1) is 5.92 Å². The van der Waals surface area contributed by atoms with Crippen LogP contribution in [0.25, 0.3) is 0 Å². The number of hydrogen-bond donors (Lipinski definition) is 1. The fraction of sp³-hybridized carbons (Fsp3) is 0.632. The van der Waals surface area contributed by atoms with Gasteiger partial charge < -0.3 is 10.0 Å². The predicted octanol–water partition coefficient (Wildman–Crippen LogP) is 2.27. The van der Waals surface area contributed by atoms with E-state index in [1.54, 1.807) is 0 Å². The van der Waals surface area contributed by atoms with Crippen LogP contribution in [0.15, 0.2) is 30.3 Å². The van der Waals surface area contributed by atoms with Gasteiger partial charge in [-0.05, 0) is 44.2 Å². The third kappa shape index (κ3) is 4.55. The van der Waals surface area contributed by atoms with E-state index in [9.17, 15) is 9.90 Å². The van der Waals surface area contributed by atoms with Crippen molar-refractivity contribution in [2.24, 2.45) is 5.92 Å². The van der Waals surface area contributed by atoms with E-state index in [0.29, 0.717) is 25.0 Å². The molecule has 0 bridgehead atoms. The Labute approximate surface area is 139 Å². The molecule has 0 radical (unpaired) electrons. The number of hydrogen-bond acceptors (Lipinski definition) is 3. The Morgan fingerprint density at radius 1 is 1.17 bits per heavy atom. The van der Waals surface area contributed by atoms with Crippen LogP contribution in [0.2, 0.25) is 0 Å². The first kappa shape index (κ1) is 16.5. The second-order valence-corrected chi connectivity index (χ2v) is 7.19. The summed E-state index contributed by atoms with van der Waals surface area (Å²) in [6.45, 7) is 1.98. The lowest BCUT2D eigenvalue weighted by Gasteiger charge is -2.27. The summed E-state index contributed by atoms with van der Waals surface area (Å²) < 4.78 is 0. The van der Waals surface area contributed by atoms with Crippen molar-refractivity contribution in [2.75, 3.05) is 20.1 Å². The Hall–Kier alpha value is -1.39. The highest BCUT2D eigenvalue weighted by Crippen LogP contribution is 2.29. The Morgan fingerprint density at radius 2 is 1.91 bits per heavy atom. The van der Waals surface area contributed by atoms with E-state index in [-0.39, 0.29) is 12.0 Å². The highest BCUT2D eigenvalue weighted by Gasteiger charge is 2.33. The van der Waals surface area contributed by atoms with Crippen molar-refractivity contribution in [1.82, 2.24) is 9.80 Å². The number of benzene rings is 1. The maximum Gasteiger partial charge on any atom is 0.237 e. The molecule has 2 saturated carbocycles. The van der Waals surface area contributed by atoms with Gasteiger partial charge in [0.25, 0.3) is 0 Å². The van der Waals surface area contributed by atoms with Gasteiger partial charge in [0, 0.05) is 19.1 Å². The molecule has 2 atom stereocenters. The van der Waals surface area contributed by atoms with Crippen molar-refractivity contribution in [3.05, 3.63) is 35.9 Å². The Kier molecular flexibility index (Phi) is 5.34. The zero-order chi connectivity index (χ0) is 16.2. The van der Waals surface area contributed by atoms with Crippen LogP contribution in [0.5, 0.6) is 0 Å². The molecule has 3 rings (SSSR count). The predicted molar refractivity (Wildman–Crippen MR) is 90.9 cm³/mol. The highest BCUT2D eigenvalue weighted by molar-refractivity contribution is 5.79. The van der Waals surface area contributed by atoms with Gasteiger partial charge in [0.05, 0.1) is 12.6 Å². The number of likely N-dealkylation sites (N-methyl/N-ethyl adjacent to an activating group) is 1. The molecule has 23 heavy (non-hydrogen) atoms. The molecule has 2 fully saturated rings. The number of rotatable bonds is 7. The SMILES string of the molecule is CN(CC(=O)N(Cc1ccccc1)C1CC1)CC1CCCC1O. The van der Waals surface area contributed by atoms with Crippen molar-refractivity contribution in [3.8, 4) is 0 Å². The third-order valence-electron chi connectivity index (χ3n) is 5.07. The van der Waals surface area contributed by atoms with Gasteiger partial charge >= 0.3 is 0 Å². The largest absolute Gasteiger partial charge is 0.393 e. The van der Waals surface area contributed by atoms with E-state index < -0.39 is 0 Å². The van der Waals surface area contributed by atoms with Crippen molar-refractivity contribution >= 4 is 5.91 Å². The third-order valence-corrected chi connectivity index (χ3v) is 5.07. The molecule has 1 aromatic carbocycles. The minimum Gasteiger partial charge on any atom is -0.393 e. The molecule has 2 aliphatic rings. The zero-order valence-electron chi connectivity index (χ0n) is 14.0. The second-order valence-electron chi connectivity index (χ2n) is 7.19. The molecule has 126 valence electrons. The summed E-state index contributed by atoms with van der Waals surface area (Å²) in [5.74, 6) is 0.544. The number of aliphatic hydroxyl groups excluding tert-OH is 1. The van der Waals surface area contributed by atoms with E-state index in [2.05, 4.69) is 17.0 Å². The van der Waals surface area contributed by atoms with Gasteiger partial charge in [-0.3, -0.25) is 9.69 Å². The van der Waals surface area contributed by atoms with Crippen molar-refractivity contribution in [3.63, 3.8) is 0 Å². The molecule has 1 aromatic rings. The van der Waals surface area contributed by atoms with Crippen LogP contribution in [0.1, 0.15) is 37.7 Å². The average molecular weight is 316 g/mol.